The SMILES string of the molecule is COC1(c2noc(CCNC(C)C)n2)CCCCC1. The molecule has 0 aliphatic heterocycles. The summed E-state index contributed by atoms with van der Waals surface area (Å²) in [6.45, 7) is 5.11. The number of hydrogen-bond donors (Lipinski definition) is 1. The first-order valence-electron chi connectivity index (χ1n) is 7.28. The van der Waals surface area contributed by atoms with Crippen molar-refractivity contribution in [3.05, 3.63) is 11.7 Å². The maximum absolute atomic E-state index is 5.72. The average Bonchev–Trinajstić information content (AvgIpc) is 2.88. The second kappa shape index (κ2) is 6.48. The van der Waals surface area contributed by atoms with E-state index in [9.17, 15) is 0 Å². The van der Waals surface area contributed by atoms with Crippen molar-refractivity contribution in [3.8, 4) is 0 Å². The minimum Gasteiger partial charge on any atom is -0.370 e. The summed E-state index contributed by atoms with van der Waals surface area (Å²) in [5.74, 6) is 1.43. The second-order valence-electron chi connectivity index (χ2n) is 5.63. The van der Waals surface area contributed by atoms with E-state index in [-0.39, 0.29) is 5.60 Å². The van der Waals surface area contributed by atoms with Gasteiger partial charge in [0.1, 0.15) is 5.60 Å². The minimum absolute atomic E-state index is 0.314. The molecule has 5 nitrogen and oxygen atoms in total. The Morgan fingerprint density at radius 3 is 2.68 bits per heavy atom. The first-order chi connectivity index (χ1) is 9.16. The Morgan fingerprint density at radius 1 is 1.32 bits per heavy atom. The second-order valence-corrected chi connectivity index (χ2v) is 5.63. The Kier molecular flexibility index (Phi) is 4.93. The maximum Gasteiger partial charge on any atom is 0.228 e. The lowest BCUT2D eigenvalue weighted by atomic mass is 9.84. The summed E-state index contributed by atoms with van der Waals surface area (Å²) < 4.78 is 11.1. The molecular formula is C14H25N3O2. The summed E-state index contributed by atoms with van der Waals surface area (Å²) in [5, 5.41) is 7.49. The van der Waals surface area contributed by atoms with Gasteiger partial charge in [-0.1, -0.05) is 38.3 Å². The van der Waals surface area contributed by atoms with Crippen molar-refractivity contribution in [1.29, 1.82) is 0 Å². The normalized spacial score (nSPS) is 18.9. The van der Waals surface area contributed by atoms with Crippen LogP contribution in [-0.4, -0.2) is 29.8 Å². The molecule has 1 aromatic rings. The van der Waals surface area contributed by atoms with Crippen molar-refractivity contribution < 1.29 is 9.26 Å². The Hall–Kier alpha value is -0.940. The summed E-state index contributed by atoms with van der Waals surface area (Å²) in [6, 6.07) is 0.478. The van der Waals surface area contributed by atoms with Crippen LogP contribution in [0.3, 0.4) is 0 Å². The smallest absolute Gasteiger partial charge is 0.228 e. The first-order valence-corrected chi connectivity index (χ1v) is 7.28. The number of nitrogens with zero attached hydrogens (tertiary/aromatic N) is 2. The fraction of sp³-hybridized carbons (Fsp3) is 0.857. The lowest BCUT2D eigenvalue weighted by Crippen LogP contribution is -2.32. The van der Waals surface area contributed by atoms with Crippen LogP contribution >= 0.6 is 0 Å². The van der Waals surface area contributed by atoms with Crippen molar-refractivity contribution >= 4 is 0 Å². The van der Waals surface area contributed by atoms with Gasteiger partial charge in [0.05, 0.1) is 0 Å². The van der Waals surface area contributed by atoms with Gasteiger partial charge in [0, 0.05) is 26.1 Å². The molecule has 19 heavy (non-hydrogen) atoms. The molecule has 1 aliphatic rings. The van der Waals surface area contributed by atoms with Crippen molar-refractivity contribution in [2.24, 2.45) is 0 Å². The molecule has 108 valence electrons. The van der Waals surface area contributed by atoms with E-state index in [1.807, 2.05) is 0 Å². The average molecular weight is 267 g/mol. The molecule has 1 saturated carbocycles. The van der Waals surface area contributed by atoms with Gasteiger partial charge in [-0.3, -0.25) is 0 Å². The number of methoxy groups -OCH3 is 1. The van der Waals surface area contributed by atoms with Gasteiger partial charge in [-0.2, -0.15) is 4.98 Å². The van der Waals surface area contributed by atoms with Crippen LogP contribution < -0.4 is 5.32 Å². The Labute approximate surface area is 115 Å². The van der Waals surface area contributed by atoms with Gasteiger partial charge in [0.15, 0.2) is 0 Å². The maximum atomic E-state index is 5.72. The third-order valence-corrected chi connectivity index (χ3v) is 3.82. The van der Waals surface area contributed by atoms with Crippen molar-refractivity contribution in [3.63, 3.8) is 0 Å². The highest BCUT2D eigenvalue weighted by molar-refractivity contribution is 5.03. The quantitative estimate of drug-likeness (QED) is 0.857. The summed E-state index contributed by atoms with van der Waals surface area (Å²) in [7, 11) is 1.75. The van der Waals surface area contributed by atoms with Gasteiger partial charge in [-0.15, -0.1) is 0 Å². The molecule has 1 aliphatic carbocycles. The zero-order valence-electron chi connectivity index (χ0n) is 12.2. The zero-order chi connectivity index (χ0) is 13.7. The lowest BCUT2D eigenvalue weighted by Gasteiger charge is -2.32. The predicted octanol–water partition coefficient (Wildman–Crippen LogP) is 2.42. The van der Waals surface area contributed by atoms with E-state index in [0.717, 1.165) is 31.6 Å². The van der Waals surface area contributed by atoms with Crippen LogP contribution in [0, 0.1) is 0 Å². The Morgan fingerprint density at radius 2 is 2.05 bits per heavy atom. The fourth-order valence-electron chi connectivity index (χ4n) is 2.65. The number of nitrogens with one attached hydrogen (secondary N) is 1. The molecule has 0 spiro atoms. The van der Waals surface area contributed by atoms with Gasteiger partial charge in [0.2, 0.25) is 11.7 Å². The van der Waals surface area contributed by atoms with E-state index in [1.54, 1.807) is 7.11 Å². The fourth-order valence-corrected chi connectivity index (χ4v) is 2.65. The van der Waals surface area contributed by atoms with Gasteiger partial charge in [-0.05, 0) is 12.8 Å². The third-order valence-electron chi connectivity index (χ3n) is 3.82. The summed E-state index contributed by atoms with van der Waals surface area (Å²) >= 11 is 0. The van der Waals surface area contributed by atoms with E-state index in [4.69, 9.17) is 9.26 Å². The van der Waals surface area contributed by atoms with Gasteiger partial charge < -0.3 is 14.6 Å². The van der Waals surface area contributed by atoms with E-state index in [0.29, 0.717) is 11.9 Å². The minimum atomic E-state index is -0.314. The summed E-state index contributed by atoms with van der Waals surface area (Å²) in [5.41, 5.74) is -0.314. The van der Waals surface area contributed by atoms with Crippen LogP contribution in [0.25, 0.3) is 0 Å². The highest BCUT2D eigenvalue weighted by Gasteiger charge is 2.38. The van der Waals surface area contributed by atoms with Gasteiger partial charge >= 0.3 is 0 Å². The number of rotatable bonds is 6. The summed E-state index contributed by atoms with van der Waals surface area (Å²) in [4.78, 5) is 4.53. The standard InChI is InChI=1S/C14H25N3O2/c1-11(2)15-10-7-12-16-13(17-19-12)14(18-3)8-5-4-6-9-14/h11,15H,4-10H2,1-3H3. The lowest BCUT2D eigenvalue weighted by molar-refractivity contribution is -0.0527. The van der Waals surface area contributed by atoms with E-state index >= 15 is 0 Å². The molecule has 0 atom stereocenters. The van der Waals surface area contributed by atoms with Gasteiger partial charge in [-0.25, -0.2) is 0 Å². The van der Waals surface area contributed by atoms with E-state index in [2.05, 4.69) is 29.3 Å². The number of aromatic nitrogens is 2. The molecule has 1 fully saturated rings. The molecule has 1 heterocycles. The van der Waals surface area contributed by atoms with Crippen molar-refractivity contribution in [1.82, 2.24) is 15.5 Å². The molecular weight excluding hydrogens is 242 g/mol. The van der Waals surface area contributed by atoms with Crippen LogP contribution in [0.1, 0.15) is 57.7 Å². The number of hydrogen-bond acceptors (Lipinski definition) is 5. The molecule has 0 aromatic carbocycles. The molecule has 0 saturated heterocycles. The third kappa shape index (κ3) is 3.54. The predicted molar refractivity (Wildman–Crippen MR) is 72.9 cm³/mol. The zero-order valence-corrected chi connectivity index (χ0v) is 12.2. The molecule has 5 heteroatoms. The van der Waals surface area contributed by atoms with Crippen LogP contribution in [0.2, 0.25) is 0 Å². The monoisotopic (exact) mass is 267 g/mol. The molecule has 0 unspecified atom stereocenters. The number of ether oxygens (including phenoxy) is 1. The molecule has 0 bridgehead atoms. The Balaban J connectivity index is 1.98. The van der Waals surface area contributed by atoms with Crippen LogP contribution in [0.5, 0.6) is 0 Å². The topological polar surface area (TPSA) is 60.2 Å². The molecule has 0 amide bonds. The van der Waals surface area contributed by atoms with E-state index < -0.39 is 0 Å². The van der Waals surface area contributed by atoms with Crippen molar-refractivity contribution in [2.45, 2.75) is 64.0 Å². The van der Waals surface area contributed by atoms with Gasteiger partial charge in [0.25, 0.3) is 0 Å². The largest absolute Gasteiger partial charge is 0.370 e. The molecule has 1 aromatic heterocycles. The first kappa shape index (κ1) is 14.5. The molecule has 1 N–H and O–H groups in total. The van der Waals surface area contributed by atoms with Crippen molar-refractivity contribution in [2.75, 3.05) is 13.7 Å². The highest BCUT2D eigenvalue weighted by Crippen LogP contribution is 2.38. The summed E-state index contributed by atoms with van der Waals surface area (Å²) in [6.07, 6.45) is 6.37. The van der Waals surface area contributed by atoms with Crippen LogP contribution in [-0.2, 0) is 16.8 Å². The molecule has 0 radical (unpaired) electrons. The van der Waals surface area contributed by atoms with Crippen LogP contribution in [0.4, 0.5) is 0 Å². The Bertz CT molecular complexity index is 384. The van der Waals surface area contributed by atoms with Crippen LogP contribution in [0.15, 0.2) is 4.52 Å². The highest BCUT2D eigenvalue weighted by atomic mass is 16.5. The molecule has 2 rings (SSSR count). The van der Waals surface area contributed by atoms with E-state index in [1.165, 1.54) is 19.3 Å².